The molecule has 1 rings (SSSR count). The van der Waals surface area contributed by atoms with Crippen LogP contribution in [-0.2, 0) is 9.59 Å². The van der Waals surface area contributed by atoms with E-state index in [-0.39, 0.29) is 5.92 Å². The summed E-state index contributed by atoms with van der Waals surface area (Å²) < 4.78 is 0. The molecular weight excluding hydrogens is 222 g/mol. The highest BCUT2D eigenvalue weighted by molar-refractivity contribution is 6.07. The first kappa shape index (κ1) is 14.1. The third kappa shape index (κ3) is 3.04. The molecule has 0 aromatic rings. The van der Waals surface area contributed by atoms with Crippen LogP contribution in [0, 0.1) is 5.92 Å². The summed E-state index contributed by atoms with van der Waals surface area (Å²) in [6, 6.07) is 0. The molecule has 0 spiro atoms. The molecular formula is C12H21NO4. The van der Waals surface area contributed by atoms with Crippen LogP contribution in [0.2, 0.25) is 0 Å². The van der Waals surface area contributed by atoms with Gasteiger partial charge in [-0.15, -0.1) is 0 Å². The van der Waals surface area contributed by atoms with Crippen molar-refractivity contribution in [2.45, 2.75) is 51.7 Å². The van der Waals surface area contributed by atoms with Crippen LogP contribution in [0.5, 0.6) is 0 Å². The predicted octanol–water partition coefficient (Wildman–Crippen LogP) is 0.293. The van der Waals surface area contributed by atoms with E-state index >= 15 is 0 Å². The Kier molecular flexibility index (Phi) is 5.08. The average molecular weight is 243 g/mol. The van der Waals surface area contributed by atoms with Gasteiger partial charge in [-0.2, -0.15) is 0 Å². The Balaban J connectivity index is 2.60. The fourth-order valence-electron chi connectivity index (χ4n) is 2.05. The zero-order chi connectivity index (χ0) is 13.0. The van der Waals surface area contributed by atoms with Crippen LogP contribution < -0.4 is 0 Å². The van der Waals surface area contributed by atoms with E-state index in [0.29, 0.717) is 6.54 Å². The number of hydrogen-bond donors (Lipinski definition) is 2. The van der Waals surface area contributed by atoms with Gasteiger partial charge >= 0.3 is 0 Å². The van der Waals surface area contributed by atoms with Crippen LogP contribution in [0.4, 0.5) is 0 Å². The summed E-state index contributed by atoms with van der Waals surface area (Å²) in [6.45, 7) is 4.41. The van der Waals surface area contributed by atoms with Crippen molar-refractivity contribution in [2.24, 2.45) is 5.92 Å². The van der Waals surface area contributed by atoms with Crippen LogP contribution in [0.3, 0.4) is 0 Å². The van der Waals surface area contributed by atoms with Crippen LogP contribution in [0.25, 0.3) is 0 Å². The molecule has 1 saturated heterocycles. The molecule has 5 heteroatoms. The van der Waals surface area contributed by atoms with Gasteiger partial charge in [0.05, 0.1) is 0 Å². The fourth-order valence-corrected chi connectivity index (χ4v) is 2.05. The van der Waals surface area contributed by atoms with Crippen molar-refractivity contribution in [1.82, 2.24) is 4.90 Å². The first-order valence-corrected chi connectivity index (χ1v) is 6.24. The summed E-state index contributed by atoms with van der Waals surface area (Å²) in [5, 5.41) is 18.6. The monoisotopic (exact) mass is 243 g/mol. The Bertz CT molecular complexity index is 272. The van der Waals surface area contributed by atoms with Gasteiger partial charge in [0, 0.05) is 6.54 Å². The van der Waals surface area contributed by atoms with Crippen molar-refractivity contribution in [3.8, 4) is 0 Å². The molecule has 0 bridgehead atoms. The van der Waals surface area contributed by atoms with Gasteiger partial charge < -0.3 is 10.2 Å². The van der Waals surface area contributed by atoms with E-state index in [4.69, 9.17) is 0 Å². The largest absolute Gasteiger partial charge is 0.380 e. The maximum atomic E-state index is 11.5. The van der Waals surface area contributed by atoms with Gasteiger partial charge in [0.15, 0.2) is 12.2 Å². The van der Waals surface area contributed by atoms with Crippen LogP contribution in [0.15, 0.2) is 0 Å². The number of aliphatic hydroxyl groups excluding tert-OH is 2. The summed E-state index contributed by atoms with van der Waals surface area (Å²) in [5.41, 5.74) is 0. The lowest BCUT2D eigenvalue weighted by molar-refractivity contribution is -0.142. The molecule has 17 heavy (non-hydrogen) atoms. The maximum absolute atomic E-state index is 11.5. The van der Waals surface area contributed by atoms with Crippen molar-refractivity contribution in [1.29, 1.82) is 0 Å². The molecule has 1 fully saturated rings. The highest BCUT2D eigenvalue weighted by atomic mass is 16.4. The minimum absolute atomic E-state index is 0.250. The van der Waals surface area contributed by atoms with Gasteiger partial charge in [0.1, 0.15) is 0 Å². The van der Waals surface area contributed by atoms with Gasteiger partial charge in [0.25, 0.3) is 11.8 Å². The normalized spacial score (nSPS) is 26.7. The summed E-state index contributed by atoms with van der Waals surface area (Å²) in [7, 11) is 0. The third-order valence-electron chi connectivity index (χ3n) is 3.32. The Morgan fingerprint density at radius 2 is 1.71 bits per heavy atom. The lowest BCUT2D eigenvalue weighted by Crippen LogP contribution is -2.36. The Hall–Kier alpha value is -0.940. The molecule has 0 radical (unpaired) electrons. The first-order chi connectivity index (χ1) is 8.02. The molecule has 1 aliphatic rings. The quantitative estimate of drug-likeness (QED) is 0.657. The lowest BCUT2D eigenvalue weighted by Gasteiger charge is -2.21. The molecule has 2 N–H and O–H groups in total. The predicted molar refractivity (Wildman–Crippen MR) is 62.0 cm³/mol. The summed E-state index contributed by atoms with van der Waals surface area (Å²) in [5.74, 6) is -1.09. The molecule has 1 aliphatic heterocycles. The highest BCUT2D eigenvalue weighted by Crippen LogP contribution is 2.20. The number of imide groups is 1. The van der Waals surface area contributed by atoms with Gasteiger partial charge in [-0.05, 0) is 12.3 Å². The number of carbonyl (C=O) groups excluding carboxylic acids is 2. The molecule has 1 heterocycles. The van der Waals surface area contributed by atoms with Crippen molar-refractivity contribution in [3.63, 3.8) is 0 Å². The van der Waals surface area contributed by atoms with Gasteiger partial charge in [-0.25, -0.2) is 0 Å². The number of hydrogen-bond acceptors (Lipinski definition) is 4. The second kappa shape index (κ2) is 6.12. The van der Waals surface area contributed by atoms with E-state index in [9.17, 15) is 19.8 Å². The standard InChI is InChI=1S/C12H21NO4/c1-3-5-6-8(4-2)7-13-11(16)9(14)10(15)12(13)17/h8-10,14-15H,3-7H2,1-2H3. The van der Waals surface area contributed by atoms with E-state index < -0.39 is 24.0 Å². The van der Waals surface area contributed by atoms with E-state index in [1.54, 1.807) is 0 Å². The Morgan fingerprint density at radius 3 is 2.12 bits per heavy atom. The third-order valence-corrected chi connectivity index (χ3v) is 3.32. The Morgan fingerprint density at radius 1 is 1.18 bits per heavy atom. The maximum Gasteiger partial charge on any atom is 0.261 e. The topological polar surface area (TPSA) is 77.8 Å². The zero-order valence-electron chi connectivity index (χ0n) is 10.4. The smallest absolute Gasteiger partial charge is 0.261 e. The molecule has 98 valence electrons. The molecule has 2 amide bonds. The molecule has 0 aromatic heterocycles. The molecule has 3 atom stereocenters. The van der Waals surface area contributed by atoms with E-state index in [0.717, 1.165) is 30.6 Å². The first-order valence-electron chi connectivity index (χ1n) is 6.24. The van der Waals surface area contributed by atoms with Crippen molar-refractivity contribution < 1.29 is 19.8 Å². The second-order valence-electron chi connectivity index (χ2n) is 4.59. The fraction of sp³-hybridized carbons (Fsp3) is 0.833. The molecule has 0 aromatic carbocycles. The zero-order valence-corrected chi connectivity index (χ0v) is 10.4. The number of aliphatic hydroxyl groups is 2. The highest BCUT2D eigenvalue weighted by Gasteiger charge is 2.46. The van der Waals surface area contributed by atoms with E-state index in [2.05, 4.69) is 6.92 Å². The molecule has 3 unspecified atom stereocenters. The SMILES string of the molecule is CCCCC(CC)CN1C(=O)C(O)C(O)C1=O. The summed E-state index contributed by atoms with van der Waals surface area (Å²) in [4.78, 5) is 24.1. The summed E-state index contributed by atoms with van der Waals surface area (Å²) in [6.07, 6.45) is 0.806. The molecule has 0 saturated carbocycles. The number of likely N-dealkylation sites (tertiary alicyclic amines) is 1. The van der Waals surface area contributed by atoms with Crippen molar-refractivity contribution >= 4 is 11.8 Å². The average Bonchev–Trinajstić information content (AvgIpc) is 2.51. The van der Waals surface area contributed by atoms with Crippen LogP contribution in [-0.4, -0.2) is 45.7 Å². The Labute approximate surface area is 101 Å². The van der Waals surface area contributed by atoms with Crippen LogP contribution >= 0.6 is 0 Å². The van der Waals surface area contributed by atoms with Crippen molar-refractivity contribution in [2.75, 3.05) is 6.54 Å². The number of amides is 2. The minimum atomic E-state index is -1.58. The number of carbonyl (C=O) groups is 2. The number of unbranched alkanes of at least 4 members (excludes halogenated alkanes) is 1. The minimum Gasteiger partial charge on any atom is -0.380 e. The molecule has 5 nitrogen and oxygen atoms in total. The second-order valence-corrected chi connectivity index (χ2v) is 4.59. The lowest BCUT2D eigenvalue weighted by atomic mass is 9.99. The van der Waals surface area contributed by atoms with Gasteiger partial charge in [-0.3, -0.25) is 14.5 Å². The van der Waals surface area contributed by atoms with Crippen LogP contribution in [0.1, 0.15) is 39.5 Å². The van der Waals surface area contributed by atoms with E-state index in [1.807, 2.05) is 6.92 Å². The van der Waals surface area contributed by atoms with E-state index in [1.165, 1.54) is 0 Å². The van der Waals surface area contributed by atoms with Gasteiger partial charge in [0.2, 0.25) is 0 Å². The molecule has 0 aliphatic carbocycles. The van der Waals surface area contributed by atoms with Crippen molar-refractivity contribution in [3.05, 3.63) is 0 Å². The number of rotatable bonds is 6. The number of nitrogens with zero attached hydrogens (tertiary/aromatic N) is 1. The van der Waals surface area contributed by atoms with Gasteiger partial charge in [-0.1, -0.05) is 33.1 Å². The summed E-state index contributed by atoms with van der Waals surface area (Å²) >= 11 is 0.